The highest BCUT2D eigenvalue weighted by molar-refractivity contribution is 5.86. The summed E-state index contributed by atoms with van der Waals surface area (Å²) in [5, 5.41) is 2.60. The summed E-state index contributed by atoms with van der Waals surface area (Å²) in [6.07, 6.45) is 0.706. The van der Waals surface area contributed by atoms with Gasteiger partial charge in [-0.1, -0.05) is 19.1 Å². The molecule has 5 heteroatoms. The number of carbonyl (C=O) groups excluding carboxylic acids is 2. The molecule has 98 valence electrons. The van der Waals surface area contributed by atoms with E-state index in [1.54, 1.807) is 26.2 Å². The van der Waals surface area contributed by atoms with E-state index in [-0.39, 0.29) is 5.91 Å². The monoisotopic (exact) mass is 250 g/mol. The van der Waals surface area contributed by atoms with Gasteiger partial charge in [-0.3, -0.25) is 9.59 Å². The molecule has 0 aromatic heterocycles. The van der Waals surface area contributed by atoms with E-state index in [0.717, 1.165) is 11.3 Å². The molecule has 18 heavy (non-hydrogen) atoms. The summed E-state index contributed by atoms with van der Waals surface area (Å²) >= 11 is 0. The van der Waals surface area contributed by atoms with Crippen molar-refractivity contribution in [3.63, 3.8) is 0 Å². The molecule has 0 spiro atoms. The fourth-order valence-corrected chi connectivity index (χ4v) is 1.52. The lowest BCUT2D eigenvalue weighted by Gasteiger charge is -2.15. The SMILES string of the molecule is CCC(=O)NC(Cc1ccc(OC)cc1)C(N)=O. The predicted molar refractivity (Wildman–Crippen MR) is 68.1 cm³/mol. The summed E-state index contributed by atoms with van der Waals surface area (Å²) in [5.41, 5.74) is 6.18. The van der Waals surface area contributed by atoms with Gasteiger partial charge in [0.2, 0.25) is 11.8 Å². The van der Waals surface area contributed by atoms with Crippen molar-refractivity contribution in [2.45, 2.75) is 25.8 Å². The molecule has 0 saturated carbocycles. The summed E-state index contributed by atoms with van der Waals surface area (Å²) in [7, 11) is 1.59. The molecule has 3 N–H and O–H groups in total. The molecule has 2 amide bonds. The van der Waals surface area contributed by atoms with Crippen molar-refractivity contribution in [3.8, 4) is 5.75 Å². The minimum atomic E-state index is -0.675. The van der Waals surface area contributed by atoms with Crippen LogP contribution in [0.1, 0.15) is 18.9 Å². The van der Waals surface area contributed by atoms with Crippen LogP contribution in [-0.4, -0.2) is 25.0 Å². The highest BCUT2D eigenvalue weighted by atomic mass is 16.5. The fourth-order valence-electron chi connectivity index (χ4n) is 1.52. The number of benzene rings is 1. The number of ether oxygens (including phenoxy) is 1. The van der Waals surface area contributed by atoms with Crippen LogP contribution in [0.2, 0.25) is 0 Å². The maximum absolute atomic E-state index is 11.3. The van der Waals surface area contributed by atoms with E-state index in [2.05, 4.69) is 5.32 Å². The molecule has 0 aliphatic heterocycles. The largest absolute Gasteiger partial charge is 0.497 e. The Bertz CT molecular complexity index is 415. The van der Waals surface area contributed by atoms with Crippen LogP contribution in [0.25, 0.3) is 0 Å². The zero-order valence-electron chi connectivity index (χ0n) is 10.6. The molecule has 0 saturated heterocycles. The Morgan fingerprint density at radius 1 is 1.33 bits per heavy atom. The van der Waals surface area contributed by atoms with Crippen molar-refractivity contribution in [1.29, 1.82) is 0 Å². The van der Waals surface area contributed by atoms with Gasteiger partial charge < -0.3 is 15.8 Å². The lowest BCUT2D eigenvalue weighted by molar-refractivity contribution is -0.127. The number of amides is 2. The fraction of sp³-hybridized carbons (Fsp3) is 0.385. The van der Waals surface area contributed by atoms with Crippen LogP contribution in [0.5, 0.6) is 5.75 Å². The van der Waals surface area contributed by atoms with Crippen LogP contribution < -0.4 is 15.8 Å². The van der Waals surface area contributed by atoms with E-state index in [9.17, 15) is 9.59 Å². The van der Waals surface area contributed by atoms with E-state index in [1.165, 1.54) is 0 Å². The second-order valence-corrected chi connectivity index (χ2v) is 3.93. The van der Waals surface area contributed by atoms with Crippen LogP contribution in [0.3, 0.4) is 0 Å². The molecule has 1 unspecified atom stereocenters. The molecule has 5 nitrogen and oxygen atoms in total. The first-order valence-electron chi connectivity index (χ1n) is 5.78. The van der Waals surface area contributed by atoms with Crippen molar-refractivity contribution >= 4 is 11.8 Å². The Morgan fingerprint density at radius 2 is 1.94 bits per heavy atom. The van der Waals surface area contributed by atoms with Crippen molar-refractivity contribution in [3.05, 3.63) is 29.8 Å². The van der Waals surface area contributed by atoms with Crippen molar-refractivity contribution in [2.24, 2.45) is 5.73 Å². The Kier molecular flexibility index (Phi) is 5.17. The second kappa shape index (κ2) is 6.64. The molecule has 0 bridgehead atoms. The van der Waals surface area contributed by atoms with Crippen LogP contribution >= 0.6 is 0 Å². The van der Waals surface area contributed by atoms with E-state index >= 15 is 0 Å². The van der Waals surface area contributed by atoms with Crippen molar-refractivity contribution in [2.75, 3.05) is 7.11 Å². The van der Waals surface area contributed by atoms with Gasteiger partial charge in [0.05, 0.1) is 7.11 Å². The summed E-state index contributed by atoms with van der Waals surface area (Å²) < 4.78 is 5.04. The quantitative estimate of drug-likeness (QED) is 0.776. The number of carbonyl (C=O) groups is 2. The number of primary amides is 1. The molecule has 0 radical (unpaired) electrons. The van der Waals surface area contributed by atoms with Crippen LogP contribution in [-0.2, 0) is 16.0 Å². The van der Waals surface area contributed by atoms with E-state index in [1.807, 2.05) is 12.1 Å². The average Bonchev–Trinajstić information content (AvgIpc) is 2.38. The summed E-state index contributed by atoms with van der Waals surface area (Å²) in [5.74, 6) is 0.0203. The van der Waals surface area contributed by atoms with E-state index in [4.69, 9.17) is 10.5 Å². The van der Waals surface area contributed by atoms with Crippen molar-refractivity contribution in [1.82, 2.24) is 5.32 Å². The number of rotatable bonds is 6. The van der Waals surface area contributed by atoms with Crippen LogP contribution in [0.4, 0.5) is 0 Å². The molecule has 0 fully saturated rings. The average molecular weight is 250 g/mol. The number of hydrogen-bond acceptors (Lipinski definition) is 3. The third-order valence-corrected chi connectivity index (χ3v) is 2.60. The van der Waals surface area contributed by atoms with Crippen molar-refractivity contribution < 1.29 is 14.3 Å². The Balaban J connectivity index is 2.70. The first kappa shape index (κ1) is 14.0. The van der Waals surface area contributed by atoms with Gasteiger partial charge in [0.25, 0.3) is 0 Å². The number of methoxy groups -OCH3 is 1. The van der Waals surface area contributed by atoms with E-state index in [0.29, 0.717) is 12.8 Å². The molecule has 0 heterocycles. The lowest BCUT2D eigenvalue weighted by atomic mass is 10.1. The molecule has 1 aromatic rings. The van der Waals surface area contributed by atoms with Gasteiger partial charge in [0.1, 0.15) is 11.8 Å². The summed E-state index contributed by atoms with van der Waals surface area (Å²) in [6.45, 7) is 1.72. The minimum Gasteiger partial charge on any atom is -0.497 e. The van der Waals surface area contributed by atoms with Crippen LogP contribution in [0.15, 0.2) is 24.3 Å². The first-order chi connectivity index (χ1) is 8.56. The second-order valence-electron chi connectivity index (χ2n) is 3.93. The molecule has 1 atom stereocenters. The maximum atomic E-state index is 11.3. The Labute approximate surface area is 106 Å². The lowest BCUT2D eigenvalue weighted by Crippen LogP contribution is -2.45. The van der Waals surface area contributed by atoms with Gasteiger partial charge in [-0.2, -0.15) is 0 Å². The number of hydrogen-bond donors (Lipinski definition) is 2. The van der Waals surface area contributed by atoms with Gasteiger partial charge in [-0.25, -0.2) is 0 Å². The Hall–Kier alpha value is -2.04. The third-order valence-electron chi connectivity index (χ3n) is 2.60. The highest BCUT2D eigenvalue weighted by Crippen LogP contribution is 2.12. The predicted octanol–water partition coefficient (Wildman–Crippen LogP) is 0.618. The molecule has 1 rings (SSSR count). The first-order valence-corrected chi connectivity index (χ1v) is 5.78. The molecule has 1 aromatic carbocycles. The van der Waals surface area contributed by atoms with Gasteiger partial charge in [0.15, 0.2) is 0 Å². The summed E-state index contributed by atoms with van der Waals surface area (Å²) in [4.78, 5) is 22.5. The zero-order chi connectivity index (χ0) is 13.5. The number of nitrogens with one attached hydrogen (secondary N) is 1. The smallest absolute Gasteiger partial charge is 0.240 e. The van der Waals surface area contributed by atoms with Gasteiger partial charge >= 0.3 is 0 Å². The molecular weight excluding hydrogens is 232 g/mol. The number of nitrogens with two attached hydrogens (primary N) is 1. The third kappa shape index (κ3) is 4.08. The molecule has 0 aliphatic carbocycles. The van der Waals surface area contributed by atoms with Gasteiger partial charge in [-0.15, -0.1) is 0 Å². The zero-order valence-corrected chi connectivity index (χ0v) is 10.6. The molecule has 0 aliphatic rings. The minimum absolute atomic E-state index is 0.188. The summed E-state index contributed by atoms with van der Waals surface area (Å²) in [6, 6.07) is 6.61. The highest BCUT2D eigenvalue weighted by Gasteiger charge is 2.17. The van der Waals surface area contributed by atoms with E-state index < -0.39 is 11.9 Å². The maximum Gasteiger partial charge on any atom is 0.240 e. The standard InChI is InChI=1S/C13H18N2O3/c1-3-12(16)15-11(13(14)17)8-9-4-6-10(18-2)7-5-9/h4-7,11H,3,8H2,1-2H3,(H2,14,17)(H,15,16). The Morgan fingerprint density at radius 3 is 2.39 bits per heavy atom. The van der Waals surface area contributed by atoms with Gasteiger partial charge in [0, 0.05) is 12.8 Å². The van der Waals surface area contributed by atoms with Gasteiger partial charge in [-0.05, 0) is 17.7 Å². The van der Waals surface area contributed by atoms with Crippen LogP contribution in [0, 0.1) is 0 Å². The normalized spacial score (nSPS) is 11.7. The topological polar surface area (TPSA) is 81.4 Å². The molecular formula is C13H18N2O3.